The number of aromatic nitrogens is 4. The van der Waals surface area contributed by atoms with Crippen molar-refractivity contribution < 1.29 is 13.5 Å². The molecule has 0 aliphatic rings. The van der Waals surface area contributed by atoms with Crippen molar-refractivity contribution in [2.45, 2.75) is 170 Å². The van der Waals surface area contributed by atoms with Gasteiger partial charge in [0.05, 0.1) is 25.5 Å². The molecule has 55 heavy (non-hydrogen) atoms. The van der Waals surface area contributed by atoms with Gasteiger partial charge in [0.15, 0.2) is 0 Å². The first kappa shape index (κ1) is 44.7. The zero-order valence-corrected chi connectivity index (χ0v) is 40.5. The highest BCUT2D eigenvalue weighted by Gasteiger charge is 2.68. The number of hydrogen-bond donors (Lipinski definition) is 1. The van der Waals surface area contributed by atoms with Crippen molar-refractivity contribution in [3.8, 4) is 11.4 Å². The summed E-state index contributed by atoms with van der Waals surface area (Å²) in [5.74, 6) is 1.05. The Morgan fingerprint density at radius 2 is 0.964 bits per heavy atom. The topological polar surface area (TPSA) is 60.5 Å². The Bertz CT molecular complexity index is 1880. The molecule has 1 atom stereocenters. The molecular weight excluding hydrogens is 711 g/mol. The second kappa shape index (κ2) is 15.4. The third kappa shape index (κ3) is 7.72. The molecule has 0 radical (unpaired) electrons. The van der Waals surface area contributed by atoms with Gasteiger partial charge >= 0.3 is 14.2 Å². The average molecular weight is 787 g/mol. The molecule has 2 heterocycles. The summed E-state index contributed by atoms with van der Waals surface area (Å²) in [6.07, 6.45) is 4.34. The highest BCUT2D eigenvalue weighted by atomic mass is 28.4. The van der Waals surface area contributed by atoms with Crippen LogP contribution in [0.1, 0.15) is 175 Å². The maximum Gasteiger partial charge on any atom is 0.594 e. The number of para-hydroxylation sites is 2. The first-order valence-corrected chi connectivity index (χ1v) is 24.3. The van der Waals surface area contributed by atoms with E-state index in [0.717, 1.165) is 28.2 Å². The van der Waals surface area contributed by atoms with Crippen LogP contribution in [-0.2, 0) is 18.2 Å². The maximum absolute atomic E-state index is 14.2. The summed E-state index contributed by atoms with van der Waals surface area (Å²) in [6.45, 7) is 43.2. The minimum atomic E-state index is -4.33. The molecule has 0 unspecified atom stereocenters. The lowest BCUT2D eigenvalue weighted by Crippen LogP contribution is -2.74. The fourth-order valence-corrected chi connectivity index (χ4v) is 24.7. The minimum Gasteiger partial charge on any atom is -0.410 e. The molecule has 4 rings (SSSR count). The molecule has 9 heteroatoms. The molecule has 2 aromatic carbocycles. The largest absolute Gasteiger partial charge is 0.594 e. The van der Waals surface area contributed by atoms with Gasteiger partial charge in [0.2, 0.25) is 13.9 Å². The first-order chi connectivity index (χ1) is 25.1. The summed E-state index contributed by atoms with van der Waals surface area (Å²) in [5, 5.41) is -0.762. The molecule has 0 aliphatic heterocycles. The predicted octanol–water partition coefficient (Wildman–Crippen LogP) is 10.6. The highest BCUT2D eigenvalue weighted by molar-refractivity contribution is 6.92. The summed E-state index contributed by atoms with van der Waals surface area (Å²) in [6, 6.07) is 13.4. The molecule has 4 aromatic rings. The van der Waals surface area contributed by atoms with E-state index in [1.807, 2.05) is 0 Å². The number of rotatable bonds is 10. The van der Waals surface area contributed by atoms with Gasteiger partial charge in [-0.15, -0.1) is 0 Å². The Hall–Kier alpha value is -2.99. The van der Waals surface area contributed by atoms with Gasteiger partial charge in [-0.25, -0.2) is 13.8 Å². The van der Waals surface area contributed by atoms with Gasteiger partial charge in [0, 0.05) is 26.2 Å². The second-order valence-electron chi connectivity index (χ2n) is 20.4. The van der Waals surface area contributed by atoms with Crippen LogP contribution in [0, 0.1) is 13.8 Å². The van der Waals surface area contributed by atoms with Crippen LogP contribution in [0.25, 0.3) is 11.4 Å². The van der Waals surface area contributed by atoms with E-state index in [-0.39, 0.29) is 38.8 Å². The van der Waals surface area contributed by atoms with Gasteiger partial charge in [0.25, 0.3) is 0 Å². The van der Waals surface area contributed by atoms with Crippen LogP contribution in [0.5, 0.6) is 0 Å². The summed E-state index contributed by atoms with van der Waals surface area (Å²) in [4.78, 5) is 14.2. The monoisotopic (exact) mass is 787 g/mol. The van der Waals surface area contributed by atoms with E-state index in [9.17, 15) is 4.80 Å². The van der Waals surface area contributed by atoms with Crippen molar-refractivity contribution in [2.24, 2.45) is 18.8 Å². The second-order valence-corrected chi connectivity index (χ2v) is 29.0. The van der Waals surface area contributed by atoms with Crippen molar-refractivity contribution in [1.29, 1.82) is 0 Å². The molecule has 0 aliphatic carbocycles. The van der Waals surface area contributed by atoms with E-state index >= 15 is 0 Å². The van der Waals surface area contributed by atoms with Crippen LogP contribution < -0.4 is 15.6 Å². The Morgan fingerprint density at radius 1 is 0.636 bits per heavy atom. The number of hydrogen-bond acceptors (Lipinski definition) is 3. The zero-order valence-electron chi connectivity index (χ0n) is 38.5. The lowest BCUT2D eigenvalue weighted by Gasteiger charge is -2.59. The van der Waals surface area contributed by atoms with Crippen molar-refractivity contribution in [2.75, 3.05) is 0 Å². The lowest BCUT2D eigenvalue weighted by molar-refractivity contribution is -0.660. The van der Waals surface area contributed by atoms with Crippen molar-refractivity contribution in [3.63, 3.8) is 0 Å². The van der Waals surface area contributed by atoms with Gasteiger partial charge in [0.1, 0.15) is 11.4 Å². The molecule has 0 amide bonds. The SMILES string of the molecule is Cc1c(C)[n+](C)c([Si@@](O)(N=c2n(-c3c(C(C)C)cccc3C(C)C)ccn2-c2c(C(C)C)cccc2C(C)C)O[Si](C(C)(C)C)(C(C)(C)C)C(C)(C)C)n1C. The van der Waals surface area contributed by atoms with E-state index < -0.39 is 17.0 Å². The smallest absolute Gasteiger partial charge is 0.410 e. The summed E-state index contributed by atoms with van der Waals surface area (Å²) in [7, 11) is -3.25. The summed E-state index contributed by atoms with van der Waals surface area (Å²) in [5.41, 5.74) is 10.8. The van der Waals surface area contributed by atoms with E-state index in [1.165, 1.54) is 22.3 Å². The first-order valence-electron chi connectivity index (χ1n) is 20.6. The van der Waals surface area contributed by atoms with Crippen molar-refractivity contribution >= 4 is 22.5 Å². The van der Waals surface area contributed by atoms with Gasteiger partial charge in [-0.2, -0.15) is 0 Å². The number of imidazole rings is 2. The van der Waals surface area contributed by atoms with E-state index in [1.54, 1.807) is 0 Å². The van der Waals surface area contributed by atoms with Crippen molar-refractivity contribution in [1.82, 2.24) is 13.7 Å². The molecule has 0 bridgehead atoms. The lowest BCUT2D eigenvalue weighted by atomic mass is 9.92. The van der Waals surface area contributed by atoms with Crippen LogP contribution in [0.15, 0.2) is 53.4 Å². The molecule has 2 aromatic heterocycles. The maximum atomic E-state index is 14.2. The predicted molar refractivity (Wildman–Crippen MR) is 237 cm³/mol. The normalized spacial score (nSPS) is 14.5. The third-order valence-electron chi connectivity index (χ3n) is 12.1. The van der Waals surface area contributed by atoms with Gasteiger partial charge in [-0.05, 0) is 61.0 Å². The molecular formula is C46H76N5O2Si2+. The van der Waals surface area contributed by atoms with Crippen LogP contribution in [0.3, 0.4) is 0 Å². The standard InChI is InChI=1S/C46H76N5O2Si2/c1-30(2)36-24-22-25-37(31(3)4)40(36)50-28-29-51(41-38(32(5)6)26-23-27-39(41)33(7)8)42(50)47-54(52,43-48(20)34(9)35(10)49(43)21)53-55(44(11,12)13,45(14,15)16)46(17,18)19/h22-33,52H,1-21H3/q+1/t54-/m0/s1. The molecule has 0 saturated heterocycles. The Morgan fingerprint density at radius 3 is 1.22 bits per heavy atom. The van der Waals surface area contributed by atoms with Crippen LogP contribution in [-0.4, -0.2) is 35.5 Å². The Labute approximate surface area is 337 Å². The van der Waals surface area contributed by atoms with Crippen LogP contribution in [0.4, 0.5) is 0 Å². The van der Waals surface area contributed by atoms with Gasteiger partial charge < -0.3 is 8.91 Å². The average Bonchev–Trinajstić information content (AvgIpc) is 3.53. The van der Waals surface area contributed by atoms with Crippen LogP contribution >= 0.6 is 0 Å². The Kier molecular flexibility index (Phi) is 12.5. The van der Waals surface area contributed by atoms with E-state index in [2.05, 4.69) is 213 Å². The van der Waals surface area contributed by atoms with Crippen molar-refractivity contribution in [3.05, 3.63) is 88.1 Å². The highest BCUT2D eigenvalue weighted by Crippen LogP contribution is 2.63. The Balaban J connectivity index is 2.43. The van der Waals surface area contributed by atoms with Gasteiger partial charge in [-0.1, -0.05) is 154 Å². The molecule has 304 valence electrons. The fraction of sp³-hybridized carbons (Fsp3) is 0.609. The minimum absolute atomic E-state index is 0.254. The molecule has 0 spiro atoms. The quantitative estimate of drug-likeness (QED) is 0.129. The number of benzene rings is 2. The molecule has 0 fully saturated rings. The summed E-state index contributed by atoms with van der Waals surface area (Å²) >= 11 is 0. The molecule has 0 saturated carbocycles. The van der Waals surface area contributed by atoms with Crippen LogP contribution in [0.2, 0.25) is 15.1 Å². The third-order valence-corrected chi connectivity index (χ3v) is 22.6. The molecule has 7 nitrogen and oxygen atoms in total. The van der Waals surface area contributed by atoms with E-state index in [4.69, 9.17) is 8.77 Å². The fourth-order valence-electron chi connectivity index (χ4n) is 10.2. The molecule has 1 N–H and O–H groups in total. The zero-order chi connectivity index (χ0) is 42.0. The van der Waals surface area contributed by atoms with E-state index in [0.29, 0.717) is 5.62 Å². The summed E-state index contributed by atoms with van der Waals surface area (Å²) < 4.78 is 22.7. The van der Waals surface area contributed by atoms with Gasteiger partial charge in [-0.3, -0.25) is 9.13 Å². The number of nitrogens with zero attached hydrogens (tertiary/aromatic N) is 5.